The van der Waals surface area contributed by atoms with Gasteiger partial charge in [0.1, 0.15) is 25.9 Å². The van der Waals surface area contributed by atoms with E-state index >= 15 is 0 Å². The highest BCUT2D eigenvalue weighted by atomic mass is 35.5. The minimum Gasteiger partial charge on any atom is -1.00 e. The van der Waals surface area contributed by atoms with E-state index in [-0.39, 0.29) is 95.9 Å². The number of amidine groups is 2. The minimum absolute atomic E-state index is 0. The summed E-state index contributed by atoms with van der Waals surface area (Å²) in [7, 11) is 0.663. The molecule has 8 atom stereocenters. The number of aliphatic carboxylic acids is 1. The van der Waals surface area contributed by atoms with Crippen LogP contribution in [0.4, 0.5) is 12.9 Å². The Morgan fingerprint density at radius 3 is 1.23 bits per heavy atom. The number of aliphatic imine (C=N–C) groups is 3. The molecule has 0 aliphatic carbocycles. The fourth-order valence-electron chi connectivity index (χ4n) is 10.2. The molecular formula is C62H126BCl4F4N9O11. The number of amides is 1. The third kappa shape index (κ3) is 62.4. The summed E-state index contributed by atoms with van der Waals surface area (Å²) < 4.78 is 51.8. The van der Waals surface area contributed by atoms with Gasteiger partial charge in [0.15, 0.2) is 5.90 Å². The maximum Gasteiger partial charge on any atom is 0.762 e. The molecule has 0 spiro atoms. The van der Waals surface area contributed by atoms with Gasteiger partial charge in [-0.1, -0.05) is 97.8 Å². The number of carboxylic acid groups (broad SMARTS) is 1. The second-order valence-electron chi connectivity index (χ2n) is 22.5. The van der Waals surface area contributed by atoms with Crippen LogP contribution >= 0.6 is 49.6 Å². The first-order valence-corrected chi connectivity index (χ1v) is 32.4. The summed E-state index contributed by atoms with van der Waals surface area (Å²) in [5.41, 5.74) is 17.0. The van der Waals surface area contributed by atoms with E-state index in [0.29, 0.717) is 43.6 Å². The highest BCUT2D eigenvalue weighted by Gasteiger charge is 2.20. The van der Waals surface area contributed by atoms with Crippen LogP contribution < -0.4 is 38.9 Å². The Morgan fingerprint density at radius 2 is 0.890 bits per heavy atom. The number of halogens is 8. The Kier molecular flexibility index (Phi) is 80.7. The molecule has 0 radical (unpaired) electrons. The molecule has 91 heavy (non-hydrogen) atoms. The summed E-state index contributed by atoms with van der Waals surface area (Å²) in [6, 6.07) is 0.762. The first kappa shape index (κ1) is 104. The van der Waals surface area contributed by atoms with Crippen molar-refractivity contribution in [3.63, 3.8) is 0 Å². The number of nitrogens with zero attached hydrogens (tertiary/aromatic N) is 3. The van der Waals surface area contributed by atoms with Gasteiger partial charge in [0.05, 0.1) is 75.5 Å². The van der Waals surface area contributed by atoms with Gasteiger partial charge in [-0.15, -0.1) is 49.6 Å². The van der Waals surface area contributed by atoms with E-state index in [2.05, 4.69) is 52.1 Å². The fourth-order valence-corrected chi connectivity index (χ4v) is 10.2. The number of unbranched alkanes of at least 4 members (excludes halogenated alkanes) is 4. The molecule has 544 valence electrons. The molecule has 4 aliphatic heterocycles. The first-order chi connectivity index (χ1) is 41.1. The number of ether oxygens (including phenoxy) is 4. The number of hydrogen-bond acceptors (Lipinski definition) is 17. The van der Waals surface area contributed by atoms with Crippen molar-refractivity contribution in [2.75, 3.05) is 47.8 Å². The molecule has 0 unspecified atom stereocenters. The smallest absolute Gasteiger partial charge is 0.762 e. The van der Waals surface area contributed by atoms with Gasteiger partial charge >= 0.3 is 31.4 Å². The molecule has 1 amide bonds. The zero-order valence-corrected chi connectivity index (χ0v) is 60.3. The lowest BCUT2D eigenvalue weighted by atomic mass is 9.99. The van der Waals surface area contributed by atoms with Gasteiger partial charge in [-0.3, -0.25) is 63.6 Å². The maximum atomic E-state index is 11.4. The molecule has 4 aliphatic rings. The quantitative estimate of drug-likeness (QED) is 0.00560. The normalized spacial score (nSPS) is 18.6. The van der Waals surface area contributed by atoms with Crippen molar-refractivity contribution in [1.82, 2.24) is 5.32 Å². The molecular weight excluding hydrogens is 1280 g/mol. The second-order valence-corrected chi connectivity index (χ2v) is 22.5. The number of hydrogen-bond donors (Lipinski definition) is 7. The summed E-state index contributed by atoms with van der Waals surface area (Å²) >= 11 is 0. The van der Waals surface area contributed by atoms with Crippen LogP contribution in [0.5, 0.6) is 0 Å². The number of carboxylic acids is 1. The van der Waals surface area contributed by atoms with Crippen LogP contribution in [-0.4, -0.2) is 138 Å². The Hall–Kier alpha value is -3.46. The predicted octanol–water partition coefficient (Wildman–Crippen LogP) is 10.1. The van der Waals surface area contributed by atoms with E-state index in [1.165, 1.54) is 59.9 Å². The monoisotopic (exact) mass is 1400 g/mol. The number of esters is 3. The lowest BCUT2D eigenvalue weighted by molar-refractivity contribution is -0.145. The zero-order chi connectivity index (χ0) is 65.5. The highest BCUT2D eigenvalue weighted by molar-refractivity contribution is 6.33. The molecule has 0 aromatic heterocycles. The van der Waals surface area contributed by atoms with Gasteiger partial charge in [-0.05, 0) is 110 Å². The van der Waals surface area contributed by atoms with E-state index < -0.39 is 19.6 Å². The van der Waals surface area contributed by atoms with Crippen molar-refractivity contribution in [2.24, 2.45) is 61.6 Å². The van der Waals surface area contributed by atoms with E-state index in [0.717, 1.165) is 191 Å². The standard InChI is InChI=1S/C16H29NO3.C14H26N2O2.C14H25NO3.C12H23N3O2.C6H15O.BF3.4ClH.FH.H4N2/c1-4-20-15-12-8-7-11-14(17-15)10-6-5-9-13(2)16(18)19-3;1-11(14(17)18-2)7-3-4-8-12-9-5-6-10-13(15)16-12;1-11(14(17)18-2)7-3-4-8-12-9-5-6-10-13(16)15-12;13-10(12(16)17)7-3-1-5-9-6-2-4-8-11(14)15-9;1-4-7(5-2)6-3;2-1(3)4;;;;;;1-2/h13-14H,4-12H2,1-3H3;11-12H,3-10H2,1-2H3,(H2,15,16);11-12H,3-10H2,1-2H3,(H,15,16);9-10H,1-8,13H2,(H2,14,15)(H,16,17);4-6H2,1-3H3;;5*1H;1-2H2/q;;;;+1;;;;;;;/p-1/t13-,14-;2*11-,12-;9-,10-;;;;;;;;/m0000......../s1. The zero-order valence-electron chi connectivity index (χ0n) is 57.1. The highest BCUT2D eigenvalue weighted by Crippen LogP contribution is 2.23. The summed E-state index contributed by atoms with van der Waals surface area (Å²) in [6.07, 6.45) is 33.1. The largest absolute Gasteiger partial charge is 1.00 e. The van der Waals surface area contributed by atoms with E-state index in [9.17, 15) is 36.9 Å². The molecule has 4 rings (SSSR count). The van der Waals surface area contributed by atoms with Crippen molar-refractivity contribution < 1.29 is 70.0 Å². The topological polar surface area (TPSA) is 324 Å². The SMILES string of the molecule is CCOC1=N[C@@H](CCCC[C@H](C)C(=O)OC)CCCC1.CC[O+](CC)CC.COC(=O)[C@@H](C)CCCC[C@H]1CCCCC(=O)N1.COC(=O)[C@@H](C)CCCC[C@H]1CCCCC(N)=N1.Cl.Cl.Cl.Cl.FB(F)F.NC1=N[C@@H](CCCC[C@H](N)C(=O)O)CCCC1.NN.[F-]. The molecule has 0 saturated carbocycles. The number of nitrogens with one attached hydrogen (secondary N) is 1. The van der Waals surface area contributed by atoms with Gasteiger partial charge in [-0.2, -0.15) is 0 Å². The van der Waals surface area contributed by atoms with Gasteiger partial charge in [0.2, 0.25) is 5.91 Å². The van der Waals surface area contributed by atoms with Gasteiger partial charge < -0.3 is 55.6 Å². The average Bonchev–Trinajstić information content (AvgIpc) is 4.16. The first-order valence-electron chi connectivity index (χ1n) is 32.4. The van der Waals surface area contributed by atoms with E-state index in [1.54, 1.807) is 0 Å². The Balaban J connectivity index is -0.000000155. The molecule has 29 heteroatoms. The number of rotatable bonds is 28. The van der Waals surface area contributed by atoms with Crippen LogP contribution in [0.3, 0.4) is 0 Å². The van der Waals surface area contributed by atoms with Crippen molar-refractivity contribution in [2.45, 2.75) is 284 Å². The van der Waals surface area contributed by atoms with E-state index in [1.807, 2.05) is 27.7 Å². The molecule has 20 nitrogen and oxygen atoms in total. The number of carbonyl (C=O) groups is 5. The third-order valence-electron chi connectivity index (χ3n) is 15.5. The third-order valence-corrected chi connectivity index (χ3v) is 15.5. The number of nitrogens with two attached hydrogens (primary N) is 5. The Labute approximate surface area is 570 Å². The predicted molar refractivity (Wildman–Crippen MR) is 372 cm³/mol. The second kappa shape index (κ2) is 70.9. The number of carbonyl (C=O) groups excluding carboxylic acids is 4. The van der Waals surface area contributed by atoms with Crippen molar-refractivity contribution in [3.05, 3.63) is 0 Å². The lowest BCUT2D eigenvalue weighted by Gasteiger charge is -2.16. The average molecular weight is 1400 g/mol. The summed E-state index contributed by atoms with van der Waals surface area (Å²) in [5, 5.41) is 11.7. The number of methoxy groups -OCH3 is 3. The number of hydrazine groups is 1. The van der Waals surface area contributed by atoms with Gasteiger partial charge in [0.25, 0.3) is 0 Å². The van der Waals surface area contributed by atoms with Gasteiger partial charge in [-0.25, -0.2) is 0 Å². The van der Waals surface area contributed by atoms with Gasteiger partial charge in [0, 0.05) is 52.5 Å². The van der Waals surface area contributed by atoms with Crippen LogP contribution in [0.2, 0.25) is 0 Å². The molecule has 0 bridgehead atoms. The molecule has 1 saturated heterocycles. The Bertz CT molecular complexity index is 1830. The molecule has 12 N–H and O–H groups in total. The van der Waals surface area contributed by atoms with E-state index in [4.69, 9.17) is 46.2 Å². The summed E-state index contributed by atoms with van der Waals surface area (Å²) in [4.78, 5) is 69.4. The lowest BCUT2D eigenvalue weighted by Crippen LogP contribution is -3.00. The maximum absolute atomic E-state index is 11.4. The fraction of sp³-hybridized carbons (Fsp3) is 0.871. The van der Waals surface area contributed by atoms with Crippen molar-refractivity contribution in [3.8, 4) is 0 Å². The van der Waals surface area contributed by atoms with Crippen LogP contribution in [0, 0.1) is 17.8 Å². The minimum atomic E-state index is -3.67. The van der Waals surface area contributed by atoms with Crippen LogP contribution in [-0.2, 0) is 47.3 Å². The molecule has 1 fully saturated rings. The summed E-state index contributed by atoms with van der Waals surface area (Å²) in [5.74, 6) is 9.49. The molecule has 0 aromatic carbocycles. The Morgan fingerprint density at radius 1 is 0.560 bits per heavy atom. The summed E-state index contributed by atoms with van der Waals surface area (Å²) in [6.45, 7) is 18.2. The van der Waals surface area contributed by atoms with Crippen LogP contribution in [0.1, 0.15) is 254 Å². The van der Waals surface area contributed by atoms with Crippen LogP contribution in [0.25, 0.3) is 0 Å². The molecule has 0 aromatic rings. The van der Waals surface area contributed by atoms with Crippen molar-refractivity contribution in [1.29, 1.82) is 0 Å². The van der Waals surface area contributed by atoms with Crippen LogP contribution in [0.15, 0.2) is 15.0 Å². The van der Waals surface area contributed by atoms with Crippen molar-refractivity contribution >= 4 is 105 Å². The molecule has 4 heterocycles.